The Kier molecular flexibility index (Phi) is 7.76. The fraction of sp³-hybridized carbons (Fsp3) is 0.229. The van der Waals surface area contributed by atoms with Crippen molar-refractivity contribution in [2.75, 3.05) is 0 Å². The van der Waals surface area contributed by atoms with Crippen molar-refractivity contribution >= 4 is 93.2 Å². The minimum atomic E-state index is -0.335. The molecule has 0 aliphatic heterocycles. The van der Waals surface area contributed by atoms with E-state index in [0.717, 1.165) is 111 Å². The minimum absolute atomic E-state index is 0.335. The van der Waals surface area contributed by atoms with Gasteiger partial charge in [0.05, 0.1) is 38.7 Å². The van der Waals surface area contributed by atoms with Crippen LogP contribution < -0.4 is 4.74 Å². The van der Waals surface area contributed by atoms with Crippen molar-refractivity contribution in [2.45, 2.75) is 72.1 Å². The van der Waals surface area contributed by atoms with E-state index < -0.39 is 0 Å². The van der Waals surface area contributed by atoms with Crippen molar-refractivity contribution in [1.29, 1.82) is 0 Å². The molecule has 4 heterocycles. The Morgan fingerprint density at radius 1 is 0.556 bits per heavy atom. The molecular weight excluding hydrogens is 665 g/mol. The number of ether oxygens (including phenoxy) is 1. The Bertz CT molecular complexity index is 3090. The standard InChI is InChI=1S/C48H44N4O2/c1-4-6-8-22-33-39-29-18-10-14-24-35(29)51-45(39)46(41-30-19-11-15-25-36(30)49-43(33)41)52-38-27-17-13-21-32(38)40-34(23-9-7-5-2)44-42(48(47(40)52)54-28(3)53)31-20-12-16-26-37(31)50-44/h10-21,24-27,49-51H,4-9,22-23H2,1-3H3. The first-order chi connectivity index (χ1) is 26.6. The van der Waals surface area contributed by atoms with Gasteiger partial charge in [-0.15, -0.1) is 0 Å². The third-order valence-electron chi connectivity index (χ3n) is 11.6. The van der Waals surface area contributed by atoms with Crippen molar-refractivity contribution in [1.82, 2.24) is 19.5 Å². The summed E-state index contributed by atoms with van der Waals surface area (Å²) >= 11 is 0. The van der Waals surface area contributed by atoms with Crippen LogP contribution in [0, 0.1) is 0 Å². The number of H-pyrrole nitrogens is 3. The zero-order valence-corrected chi connectivity index (χ0v) is 31.2. The van der Waals surface area contributed by atoms with Gasteiger partial charge in [-0.2, -0.15) is 0 Å². The molecule has 54 heavy (non-hydrogen) atoms. The van der Waals surface area contributed by atoms with Gasteiger partial charge in [0.1, 0.15) is 0 Å². The fourth-order valence-corrected chi connectivity index (χ4v) is 9.41. The lowest BCUT2D eigenvalue weighted by Gasteiger charge is -2.18. The SMILES string of the molecule is CCCCCc1c2[nH]c3ccccc3c2c(-n2c3ccccc3c3c(CCCCC)c4[nH]c5ccccc5c4c(OC(C)=O)c32)c2[nH]c3ccccc3c12. The highest BCUT2D eigenvalue weighted by atomic mass is 16.5. The van der Waals surface area contributed by atoms with Gasteiger partial charge in [0, 0.05) is 61.2 Å². The Balaban J connectivity index is 1.49. The number of benzene rings is 6. The van der Waals surface area contributed by atoms with Gasteiger partial charge in [-0.3, -0.25) is 4.79 Å². The average Bonchev–Trinajstić information content (AvgIpc) is 3.95. The molecule has 0 unspecified atom stereocenters. The summed E-state index contributed by atoms with van der Waals surface area (Å²) in [7, 11) is 0. The first-order valence-corrected chi connectivity index (χ1v) is 19.7. The highest BCUT2D eigenvalue weighted by Gasteiger charge is 2.30. The summed E-state index contributed by atoms with van der Waals surface area (Å²) in [5, 5.41) is 9.14. The summed E-state index contributed by atoms with van der Waals surface area (Å²) in [5.41, 5.74) is 12.3. The van der Waals surface area contributed by atoms with Crippen molar-refractivity contribution in [2.24, 2.45) is 0 Å². The smallest absolute Gasteiger partial charge is 0.308 e. The number of aryl methyl sites for hydroxylation is 2. The van der Waals surface area contributed by atoms with Gasteiger partial charge in [0.2, 0.25) is 0 Å². The van der Waals surface area contributed by atoms with Crippen LogP contribution in [0.5, 0.6) is 5.75 Å². The van der Waals surface area contributed by atoms with Crippen LogP contribution in [-0.4, -0.2) is 25.5 Å². The molecule has 0 aliphatic carbocycles. The predicted octanol–water partition coefficient (Wildman–Crippen LogP) is 13.1. The Morgan fingerprint density at radius 2 is 1.04 bits per heavy atom. The van der Waals surface area contributed by atoms with Gasteiger partial charge in [0.15, 0.2) is 5.75 Å². The summed E-state index contributed by atoms with van der Waals surface area (Å²) in [4.78, 5) is 25.0. The van der Waals surface area contributed by atoms with Crippen LogP contribution >= 0.6 is 0 Å². The van der Waals surface area contributed by atoms with Crippen molar-refractivity contribution < 1.29 is 9.53 Å². The highest BCUT2D eigenvalue weighted by molar-refractivity contribution is 6.29. The Hall–Kier alpha value is -6.01. The molecular formula is C48H44N4O2. The Labute approximate surface area is 313 Å². The van der Waals surface area contributed by atoms with Crippen LogP contribution in [0.3, 0.4) is 0 Å². The maximum absolute atomic E-state index is 13.3. The van der Waals surface area contributed by atoms with Gasteiger partial charge in [-0.1, -0.05) is 112 Å². The number of fused-ring (bicyclic) bond motifs is 12. The number of carbonyl (C=O) groups is 1. The number of nitrogens with one attached hydrogen (secondary N) is 3. The second kappa shape index (κ2) is 12.8. The van der Waals surface area contributed by atoms with Crippen LogP contribution in [0.25, 0.3) is 92.9 Å². The average molecular weight is 709 g/mol. The van der Waals surface area contributed by atoms with Crippen LogP contribution in [0.4, 0.5) is 0 Å². The summed E-state index contributed by atoms with van der Waals surface area (Å²) in [6.07, 6.45) is 8.66. The number of unbranched alkanes of at least 4 members (excludes halogenated alkanes) is 4. The molecule has 0 radical (unpaired) electrons. The molecule has 6 heteroatoms. The molecule has 0 saturated heterocycles. The topological polar surface area (TPSA) is 78.6 Å². The third kappa shape index (κ3) is 4.75. The molecule has 3 N–H and O–H groups in total. The van der Waals surface area contributed by atoms with E-state index in [1.54, 1.807) is 0 Å². The van der Waals surface area contributed by atoms with Crippen LogP contribution in [-0.2, 0) is 17.6 Å². The number of rotatable bonds is 10. The van der Waals surface area contributed by atoms with Crippen LogP contribution in [0.15, 0.2) is 97.1 Å². The lowest BCUT2D eigenvalue weighted by molar-refractivity contribution is -0.131. The molecule has 0 atom stereocenters. The first kappa shape index (κ1) is 32.6. The highest BCUT2D eigenvalue weighted by Crippen LogP contribution is 2.51. The van der Waals surface area contributed by atoms with E-state index in [9.17, 15) is 4.79 Å². The van der Waals surface area contributed by atoms with Gasteiger partial charge in [0.25, 0.3) is 0 Å². The predicted molar refractivity (Wildman–Crippen MR) is 227 cm³/mol. The number of hydrogen-bond acceptors (Lipinski definition) is 2. The number of esters is 1. The molecule has 6 aromatic carbocycles. The van der Waals surface area contributed by atoms with Crippen LogP contribution in [0.2, 0.25) is 0 Å². The molecule has 10 aromatic rings. The monoisotopic (exact) mass is 708 g/mol. The molecule has 0 bridgehead atoms. The van der Waals surface area contributed by atoms with E-state index in [1.807, 2.05) is 0 Å². The lowest BCUT2D eigenvalue weighted by Crippen LogP contribution is -2.06. The molecule has 0 aliphatic rings. The van der Waals surface area contributed by atoms with Gasteiger partial charge in [-0.05, 0) is 61.1 Å². The second-order valence-electron chi connectivity index (χ2n) is 15.0. The summed E-state index contributed by atoms with van der Waals surface area (Å²) in [6.45, 7) is 6.05. The molecule has 0 fully saturated rings. The largest absolute Gasteiger partial charge is 0.424 e. The van der Waals surface area contributed by atoms with Gasteiger partial charge in [-0.25, -0.2) is 0 Å². The maximum Gasteiger partial charge on any atom is 0.308 e. The minimum Gasteiger partial charge on any atom is -0.424 e. The molecule has 6 nitrogen and oxygen atoms in total. The fourth-order valence-electron chi connectivity index (χ4n) is 9.41. The first-order valence-electron chi connectivity index (χ1n) is 19.7. The number of aromatic amines is 3. The molecule has 268 valence electrons. The second-order valence-corrected chi connectivity index (χ2v) is 15.0. The summed E-state index contributed by atoms with van der Waals surface area (Å²) in [5.74, 6) is 0.266. The van der Waals surface area contributed by atoms with E-state index in [4.69, 9.17) is 4.74 Å². The number of carbonyl (C=O) groups excluding carboxylic acids is 1. The molecule has 10 rings (SSSR count). The maximum atomic E-state index is 13.3. The molecule has 0 amide bonds. The van der Waals surface area contributed by atoms with Gasteiger partial charge < -0.3 is 24.3 Å². The van der Waals surface area contributed by atoms with E-state index in [0.29, 0.717) is 5.75 Å². The van der Waals surface area contributed by atoms with Crippen molar-refractivity contribution in [3.63, 3.8) is 0 Å². The Morgan fingerprint density at radius 3 is 1.63 bits per heavy atom. The van der Waals surface area contributed by atoms with E-state index in [2.05, 4.69) is 130 Å². The number of para-hydroxylation sites is 4. The lowest BCUT2D eigenvalue weighted by atomic mass is 9.95. The van der Waals surface area contributed by atoms with Gasteiger partial charge >= 0.3 is 5.97 Å². The summed E-state index contributed by atoms with van der Waals surface area (Å²) in [6, 6.07) is 34.6. The number of hydrogen-bond donors (Lipinski definition) is 3. The van der Waals surface area contributed by atoms with E-state index >= 15 is 0 Å². The summed E-state index contributed by atoms with van der Waals surface area (Å²) < 4.78 is 8.96. The molecule has 0 saturated carbocycles. The normalized spacial score (nSPS) is 12.3. The number of aromatic nitrogens is 4. The number of nitrogens with zero attached hydrogens (tertiary/aromatic N) is 1. The van der Waals surface area contributed by atoms with Crippen molar-refractivity contribution in [3.05, 3.63) is 108 Å². The van der Waals surface area contributed by atoms with Crippen molar-refractivity contribution in [3.8, 4) is 11.4 Å². The molecule has 4 aromatic heterocycles. The molecule has 0 spiro atoms. The third-order valence-corrected chi connectivity index (χ3v) is 11.6. The van der Waals surface area contributed by atoms with E-state index in [-0.39, 0.29) is 5.97 Å². The zero-order chi connectivity index (χ0) is 36.5. The zero-order valence-electron chi connectivity index (χ0n) is 31.2. The van der Waals surface area contributed by atoms with Crippen LogP contribution in [0.1, 0.15) is 70.4 Å². The quantitative estimate of drug-likeness (QED) is 0.0751. The van der Waals surface area contributed by atoms with E-state index in [1.165, 1.54) is 51.5 Å².